The number of hydrogen-bond donors (Lipinski definition) is 2. The highest BCUT2D eigenvalue weighted by atomic mass is 16.3. The summed E-state index contributed by atoms with van der Waals surface area (Å²) in [5, 5.41) is 13.9. The molecular formula is C23H31N5O2. The first kappa shape index (κ1) is 21.9. The van der Waals surface area contributed by atoms with Crippen LogP contribution in [0.4, 0.5) is 5.95 Å². The fraction of sp³-hybridized carbons (Fsp3) is 0.435. The van der Waals surface area contributed by atoms with Crippen LogP contribution < -0.4 is 10.2 Å². The number of ketones is 1. The quantitative estimate of drug-likeness (QED) is 0.584. The lowest BCUT2D eigenvalue weighted by atomic mass is 9.97. The number of fused-ring (bicyclic) bond motifs is 1. The third-order valence-electron chi connectivity index (χ3n) is 5.73. The molecule has 0 bridgehead atoms. The summed E-state index contributed by atoms with van der Waals surface area (Å²) < 4.78 is 2.18. The average Bonchev–Trinajstić information content (AvgIpc) is 3.10. The van der Waals surface area contributed by atoms with Gasteiger partial charge in [-0.05, 0) is 36.9 Å². The van der Waals surface area contributed by atoms with Crippen LogP contribution >= 0.6 is 0 Å². The van der Waals surface area contributed by atoms with E-state index in [1.54, 1.807) is 0 Å². The number of carbonyl (C=O) groups excluding carboxylic acids is 1. The maximum atomic E-state index is 11.5. The van der Waals surface area contributed by atoms with Crippen molar-refractivity contribution in [3.05, 3.63) is 54.0 Å². The second-order valence-corrected chi connectivity index (χ2v) is 7.70. The van der Waals surface area contributed by atoms with Crippen molar-refractivity contribution in [3.8, 4) is 0 Å². The SMILES string of the molecule is C.Cn1cc(CNCC2CCN(c3ncc(C(=O)CO)cn3)CC2)c2ccccc21. The molecule has 1 aliphatic heterocycles. The van der Waals surface area contributed by atoms with Crippen molar-refractivity contribution in [2.24, 2.45) is 13.0 Å². The molecule has 1 saturated heterocycles. The van der Waals surface area contributed by atoms with E-state index in [1.807, 2.05) is 0 Å². The number of aliphatic hydroxyl groups excluding tert-OH is 1. The molecule has 160 valence electrons. The Morgan fingerprint density at radius 3 is 2.60 bits per heavy atom. The van der Waals surface area contributed by atoms with Crippen molar-refractivity contribution in [2.75, 3.05) is 31.1 Å². The Bertz CT molecular complexity index is 975. The van der Waals surface area contributed by atoms with E-state index < -0.39 is 6.61 Å². The molecule has 30 heavy (non-hydrogen) atoms. The zero-order valence-electron chi connectivity index (χ0n) is 16.7. The van der Waals surface area contributed by atoms with Crippen molar-refractivity contribution < 1.29 is 9.90 Å². The van der Waals surface area contributed by atoms with Crippen LogP contribution in [0, 0.1) is 5.92 Å². The second-order valence-electron chi connectivity index (χ2n) is 7.70. The van der Waals surface area contributed by atoms with Crippen LogP contribution in [0.2, 0.25) is 0 Å². The predicted octanol–water partition coefficient (Wildman–Crippen LogP) is 2.79. The van der Waals surface area contributed by atoms with Crippen molar-refractivity contribution in [1.29, 1.82) is 0 Å². The molecule has 7 nitrogen and oxygen atoms in total. The Morgan fingerprint density at radius 2 is 1.90 bits per heavy atom. The molecule has 1 aliphatic rings. The van der Waals surface area contributed by atoms with E-state index in [0.717, 1.165) is 39.0 Å². The molecule has 0 saturated carbocycles. The number of rotatable bonds is 7. The first-order valence-corrected chi connectivity index (χ1v) is 10.1. The van der Waals surface area contributed by atoms with Crippen LogP contribution in [0.1, 0.15) is 36.2 Å². The molecule has 0 atom stereocenters. The van der Waals surface area contributed by atoms with Gasteiger partial charge in [-0.2, -0.15) is 0 Å². The number of benzene rings is 1. The van der Waals surface area contributed by atoms with Gasteiger partial charge in [0.15, 0.2) is 5.78 Å². The number of carbonyl (C=O) groups is 1. The van der Waals surface area contributed by atoms with Crippen LogP contribution in [-0.4, -0.2) is 51.7 Å². The molecule has 0 unspecified atom stereocenters. The third-order valence-corrected chi connectivity index (χ3v) is 5.73. The van der Waals surface area contributed by atoms with Gasteiger partial charge >= 0.3 is 0 Å². The minimum Gasteiger partial charge on any atom is -0.388 e. The molecule has 7 heteroatoms. The molecule has 4 rings (SSSR count). The normalized spacial score (nSPS) is 14.7. The highest BCUT2D eigenvalue weighted by Crippen LogP contribution is 2.22. The van der Waals surface area contributed by atoms with Gasteiger partial charge in [-0.25, -0.2) is 9.97 Å². The van der Waals surface area contributed by atoms with E-state index >= 15 is 0 Å². The second kappa shape index (κ2) is 9.82. The summed E-state index contributed by atoms with van der Waals surface area (Å²) in [5.74, 6) is 0.936. The maximum Gasteiger partial charge on any atom is 0.225 e. The Balaban J connectivity index is 0.00000256. The van der Waals surface area contributed by atoms with Gasteiger partial charge in [0, 0.05) is 56.2 Å². The number of aliphatic hydroxyl groups is 1. The number of hydrogen-bond acceptors (Lipinski definition) is 6. The fourth-order valence-electron chi connectivity index (χ4n) is 4.03. The summed E-state index contributed by atoms with van der Waals surface area (Å²) in [6.07, 6.45) is 7.38. The zero-order valence-corrected chi connectivity index (χ0v) is 16.7. The third kappa shape index (κ3) is 4.68. The van der Waals surface area contributed by atoms with E-state index in [0.29, 0.717) is 17.4 Å². The summed E-state index contributed by atoms with van der Waals surface area (Å²) in [6, 6.07) is 8.51. The number of para-hydroxylation sites is 1. The molecule has 0 amide bonds. The van der Waals surface area contributed by atoms with Gasteiger partial charge in [0.05, 0.1) is 5.56 Å². The predicted molar refractivity (Wildman–Crippen MR) is 120 cm³/mol. The van der Waals surface area contributed by atoms with Crippen LogP contribution in [0.15, 0.2) is 42.9 Å². The summed E-state index contributed by atoms with van der Waals surface area (Å²) in [5.41, 5.74) is 2.96. The molecule has 2 N–H and O–H groups in total. The van der Waals surface area contributed by atoms with Gasteiger partial charge in [-0.3, -0.25) is 4.79 Å². The standard InChI is InChI=1S/C22H27N5O2.CH4/c1-26-14-18(19-4-2-3-5-20(19)26)11-23-10-16-6-8-27(9-7-16)22-24-12-17(13-25-22)21(29)15-28;/h2-5,12-14,16,23,28H,6-11,15H2,1H3;1H4. The number of aromatic nitrogens is 3. The molecule has 0 spiro atoms. The molecule has 2 aromatic heterocycles. The summed E-state index contributed by atoms with van der Waals surface area (Å²) in [6.45, 7) is 3.19. The van der Waals surface area contributed by atoms with Crippen LogP contribution in [0.5, 0.6) is 0 Å². The van der Waals surface area contributed by atoms with E-state index in [-0.39, 0.29) is 13.2 Å². The molecule has 0 radical (unpaired) electrons. The number of nitrogens with zero attached hydrogens (tertiary/aromatic N) is 4. The number of Topliss-reactive ketones (excluding diaryl/α,β-unsaturated/α-hetero) is 1. The smallest absolute Gasteiger partial charge is 0.225 e. The highest BCUT2D eigenvalue weighted by Gasteiger charge is 2.21. The van der Waals surface area contributed by atoms with Crippen molar-refractivity contribution in [2.45, 2.75) is 26.8 Å². The molecule has 3 heterocycles. The monoisotopic (exact) mass is 409 g/mol. The van der Waals surface area contributed by atoms with Crippen molar-refractivity contribution >= 4 is 22.6 Å². The molecule has 0 aliphatic carbocycles. The van der Waals surface area contributed by atoms with Crippen LogP contribution in [0.3, 0.4) is 0 Å². The highest BCUT2D eigenvalue weighted by molar-refractivity contribution is 5.96. The largest absolute Gasteiger partial charge is 0.388 e. The minimum atomic E-state index is -0.514. The lowest BCUT2D eigenvalue weighted by Gasteiger charge is -2.32. The van der Waals surface area contributed by atoms with E-state index in [9.17, 15) is 4.79 Å². The van der Waals surface area contributed by atoms with Gasteiger partial charge in [0.2, 0.25) is 5.95 Å². The van der Waals surface area contributed by atoms with Gasteiger partial charge < -0.3 is 19.9 Å². The van der Waals surface area contributed by atoms with Crippen LogP contribution in [-0.2, 0) is 13.6 Å². The molecule has 1 aromatic carbocycles. The summed E-state index contributed by atoms with van der Waals surface area (Å²) in [7, 11) is 2.09. The Morgan fingerprint density at radius 1 is 1.20 bits per heavy atom. The van der Waals surface area contributed by atoms with Crippen LogP contribution in [0.25, 0.3) is 10.9 Å². The summed E-state index contributed by atoms with van der Waals surface area (Å²) >= 11 is 0. The number of anilines is 1. The first-order chi connectivity index (χ1) is 14.2. The van der Waals surface area contributed by atoms with Crippen molar-refractivity contribution in [1.82, 2.24) is 19.9 Å². The van der Waals surface area contributed by atoms with E-state index in [4.69, 9.17) is 5.11 Å². The maximum absolute atomic E-state index is 11.5. The Hall–Kier alpha value is -2.77. The Kier molecular flexibility index (Phi) is 7.18. The Labute approximate surface area is 177 Å². The average molecular weight is 410 g/mol. The molecule has 3 aromatic rings. The first-order valence-electron chi connectivity index (χ1n) is 10.1. The van der Waals surface area contributed by atoms with Gasteiger partial charge in [0.1, 0.15) is 6.61 Å². The zero-order chi connectivity index (χ0) is 20.2. The van der Waals surface area contributed by atoms with Gasteiger partial charge in [0.25, 0.3) is 0 Å². The van der Waals surface area contributed by atoms with Gasteiger partial charge in [-0.15, -0.1) is 0 Å². The number of aryl methyl sites for hydroxylation is 1. The molecular weight excluding hydrogens is 378 g/mol. The lowest BCUT2D eigenvalue weighted by molar-refractivity contribution is 0.0903. The fourth-order valence-corrected chi connectivity index (χ4v) is 4.03. The van der Waals surface area contributed by atoms with Crippen molar-refractivity contribution in [3.63, 3.8) is 0 Å². The van der Waals surface area contributed by atoms with Gasteiger partial charge in [-0.1, -0.05) is 25.6 Å². The lowest BCUT2D eigenvalue weighted by Crippen LogP contribution is -2.38. The summed E-state index contributed by atoms with van der Waals surface area (Å²) in [4.78, 5) is 22.2. The minimum absolute atomic E-state index is 0. The topological polar surface area (TPSA) is 83.3 Å². The number of piperidine rings is 1. The molecule has 1 fully saturated rings. The van der Waals surface area contributed by atoms with E-state index in [1.165, 1.54) is 28.9 Å². The van der Waals surface area contributed by atoms with E-state index in [2.05, 4.69) is 62.3 Å². The number of nitrogens with one attached hydrogen (secondary N) is 1.